The summed E-state index contributed by atoms with van der Waals surface area (Å²) >= 11 is 0. The minimum Gasteiger partial charge on any atom is -0.481 e. The maximum absolute atomic E-state index is 13.0. The SMILES string of the molecule is O=C(O)CC1CCC(c2ccc(-c3ccc4c(c3)CCC(C(=O)N3CCOCC3)CC4)cc2)CC1. The molecule has 1 saturated carbocycles. The lowest BCUT2D eigenvalue weighted by molar-refractivity contribution is -0.140. The lowest BCUT2D eigenvalue weighted by Gasteiger charge is -2.30. The third-order valence-electron chi connectivity index (χ3n) is 8.43. The van der Waals surface area contributed by atoms with Crippen molar-refractivity contribution in [1.29, 1.82) is 0 Å². The number of hydrogen-bond acceptors (Lipinski definition) is 3. The van der Waals surface area contributed by atoms with Gasteiger partial charge in [-0.1, -0.05) is 42.5 Å². The Balaban J connectivity index is 1.21. The van der Waals surface area contributed by atoms with E-state index in [9.17, 15) is 9.59 Å². The quantitative estimate of drug-likeness (QED) is 0.584. The van der Waals surface area contributed by atoms with Gasteiger partial charge in [-0.05, 0) is 91.0 Å². The number of carboxylic acid groups (broad SMARTS) is 1. The van der Waals surface area contributed by atoms with E-state index in [0.717, 1.165) is 64.5 Å². The van der Waals surface area contributed by atoms with Crippen LogP contribution in [0.25, 0.3) is 11.1 Å². The summed E-state index contributed by atoms with van der Waals surface area (Å²) in [5.74, 6) is 0.647. The number of morpholine rings is 1. The maximum atomic E-state index is 13.0. The smallest absolute Gasteiger partial charge is 0.303 e. The first-order valence-electron chi connectivity index (χ1n) is 13.4. The molecule has 0 radical (unpaired) electrons. The molecule has 5 nitrogen and oxygen atoms in total. The maximum Gasteiger partial charge on any atom is 0.303 e. The van der Waals surface area contributed by atoms with Crippen LogP contribution in [0.15, 0.2) is 42.5 Å². The first kappa shape index (κ1) is 24.1. The summed E-state index contributed by atoms with van der Waals surface area (Å²) in [6, 6.07) is 15.8. The Hall–Kier alpha value is -2.66. The number of benzene rings is 2. The van der Waals surface area contributed by atoms with Crippen LogP contribution in [0.1, 0.15) is 67.6 Å². The van der Waals surface area contributed by atoms with Crippen LogP contribution < -0.4 is 0 Å². The minimum atomic E-state index is -0.669. The van der Waals surface area contributed by atoms with Gasteiger partial charge in [-0.25, -0.2) is 0 Å². The minimum absolute atomic E-state index is 0.119. The lowest BCUT2D eigenvalue weighted by atomic mass is 9.77. The van der Waals surface area contributed by atoms with Crippen molar-refractivity contribution < 1.29 is 19.4 Å². The predicted octanol–water partition coefficient (Wildman–Crippen LogP) is 5.46. The molecule has 0 bridgehead atoms. The van der Waals surface area contributed by atoms with Gasteiger partial charge in [0.25, 0.3) is 0 Å². The summed E-state index contributed by atoms with van der Waals surface area (Å²) in [6.07, 6.45) is 8.30. The number of amides is 1. The Morgan fingerprint density at radius 3 is 2.17 bits per heavy atom. The fraction of sp³-hybridized carbons (Fsp3) is 0.533. The van der Waals surface area contributed by atoms with Gasteiger partial charge in [0.05, 0.1) is 13.2 Å². The standard InChI is InChI=1S/C30H37NO4/c32-29(33)19-21-1-3-22(4-2-21)23-5-7-24(8-6-23)27-13-10-25-9-11-26(12-14-28(25)20-27)30(34)31-15-17-35-18-16-31/h5-8,10,13,20-22,26H,1-4,9,11-12,14-19H2,(H,32,33). The molecule has 2 aromatic carbocycles. The van der Waals surface area contributed by atoms with Crippen molar-refractivity contribution in [2.75, 3.05) is 26.3 Å². The Bertz CT molecular complexity index is 1030. The highest BCUT2D eigenvalue weighted by Crippen LogP contribution is 2.38. The van der Waals surface area contributed by atoms with Gasteiger partial charge >= 0.3 is 5.97 Å². The van der Waals surface area contributed by atoms with Crippen molar-refractivity contribution in [3.05, 3.63) is 59.2 Å². The Morgan fingerprint density at radius 1 is 0.829 bits per heavy atom. The first-order chi connectivity index (χ1) is 17.1. The molecule has 2 aliphatic carbocycles. The number of ether oxygens (including phenoxy) is 1. The van der Waals surface area contributed by atoms with Crippen molar-refractivity contribution in [1.82, 2.24) is 4.90 Å². The highest BCUT2D eigenvalue weighted by Gasteiger charge is 2.28. The molecule has 1 N–H and O–H groups in total. The molecule has 186 valence electrons. The summed E-state index contributed by atoms with van der Waals surface area (Å²) in [5, 5.41) is 9.05. The molecular weight excluding hydrogens is 438 g/mol. The van der Waals surface area contributed by atoms with Gasteiger partial charge in [0.15, 0.2) is 0 Å². The molecule has 35 heavy (non-hydrogen) atoms. The zero-order valence-corrected chi connectivity index (χ0v) is 20.6. The normalized spacial score (nSPS) is 24.9. The molecule has 1 atom stereocenters. The third-order valence-corrected chi connectivity index (χ3v) is 8.43. The highest BCUT2D eigenvalue weighted by molar-refractivity contribution is 5.79. The fourth-order valence-electron chi connectivity index (χ4n) is 6.27. The zero-order chi connectivity index (χ0) is 24.2. The second-order valence-corrected chi connectivity index (χ2v) is 10.6. The summed E-state index contributed by atoms with van der Waals surface area (Å²) in [6.45, 7) is 2.78. The van der Waals surface area contributed by atoms with Crippen molar-refractivity contribution in [2.45, 2.75) is 63.7 Å². The molecule has 2 fully saturated rings. The number of fused-ring (bicyclic) bond motifs is 1. The average Bonchev–Trinajstić information content (AvgIpc) is 3.11. The molecule has 5 heteroatoms. The van der Waals surface area contributed by atoms with E-state index in [-0.39, 0.29) is 5.92 Å². The Morgan fingerprint density at radius 2 is 1.49 bits per heavy atom. The molecule has 0 aromatic heterocycles. The Kier molecular flexibility index (Phi) is 7.52. The van der Waals surface area contributed by atoms with Gasteiger partial charge in [-0.3, -0.25) is 9.59 Å². The van der Waals surface area contributed by atoms with Crippen molar-refractivity contribution in [3.63, 3.8) is 0 Å². The van der Waals surface area contributed by atoms with E-state index in [1.165, 1.54) is 27.8 Å². The van der Waals surface area contributed by atoms with Crippen molar-refractivity contribution in [2.24, 2.45) is 11.8 Å². The van der Waals surface area contributed by atoms with Crippen LogP contribution >= 0.6 is 0 Å². The van der Waals surface area contributed by atoms with E-state index in [2.05, 4.69) is 42.5 Å². The van der Waals surface area contributed by atoms with Crippen LogP contribution in [-0.4, -0.2) is 48.2 Å². The van der Waals surface area contributed by atoms with Crippen LogP contribution in [0, 0.1) is 11.8 Å². The number of nitrogens with zero attached hydrogens (tertiary/aromatic N) is 1. The van der Waals surface area contributed by atoms with E-state index in [0.29, 0.717) is 37.4 Å². The number of hydrogen-bond donors (Lipinski definition) is 1. The molecule has 1 unspecified atom stereocenters. The van der Waals surface area contributed by atoms with E-state index >= 15 is 0 Å². The van der Waals surface area contributed by atoms with Crippen LogP contribution in [0.4, 0.5) is 0 Å². The van der Waals surface area contributed by atoms with Crippen molar-refractivity contribution >= 4 is 11.9 Å². The van der Waals surface area contributed by atoms with Crippen LogP contribution in [-0.2, 0) is 27.2 Å². The van der Waals surface area contributed by atoms with Crippen LogP contribution in [0.5, 0.6) is 0 Å². The molecule has 1 saturated heterocycles. The fourth-order valence-corrected chi connectivity index (χ4v) is 6.27. The summed E-state index contributed by atoms with van der Waals surface area (Å²) in [4.78, 5) is 26.0. The molecule has 1 heterocycles. The van der Waals surface area contributed by atoms with Gasteiger partial charge in [-0.2, -0.15) is 0 Å². The van der Waals surface area contributed by atoms with Gasteiger partial charge in [0.1, 0.15) is 0 Å². The highest BCUT2D eigenvalue weighted by atomic mass is 16.5. The van der Waals surface area contributed by atoms with E-state index in [4.69, 9.17) is 9.84 Å². The molecule has 5 rings (SSSR count). The summed E-state index contributed by atoms with van der Waals surface area (Å²) in [5.41, 5.74) is 6.64. The number of carbonyl (C=O) groups excluding carboxylic acids is 1. The summed E-state index contributed by atoms with van der Waals surface area (Å²) < 4.78 is 5.41. The molecule has 3 aliphatic rings. The van der Waals surface area contributed by atoms with Crippen molar-refractivity contribution in [3.8, 4) is 11.1 Å². The van der Waals surface area contributed by atoms with Gasteiger partial charge < -0.3 is 14.7 Å². The average molecular weight is 476 g/mol. The van der Waals surface area contributed by atoms with E-state index < -0.39 is 5.97 Å². The number of carboxylic acids is 1. The van der Waals surface area contributed by atoms with Gasteiger partial charge in [0, 0.05) is 25.4 Å². The molecular formula is C30H37NO4. The molecule has 1 amide bonds. The second kappa shape index (κ2) is 10.9. The lowest BCUT2D eigenvalue weighted by Crippen LogP contribution is -2.43. The molecule has 2 aromatic rings. The number of aliphatic carboxylic acids is 1. The topological polar surface area (TPSA) is 66.8 Å². The van der Waals surface area contributed by atoms with Gasteiger partial charge in [-0.15, -0.1) is 0 Å². The largest absolute Gasteiger partial charge is 0.481 e. The monoisotopic (exact) mass is 475 g/mol. The van der Waals surface area contributed by atoms with E-state index in [1.807, 2.05) is 4.90 Å². The van der Waals surface area contributed by atoms with Crippen LogP contribution in [0.3, 0.4) is 0 Å². The molecule has 1 aliphatic heterocycles. The Labute approximate surface area is 208 Å². The number of rotatable bonds is 5. The summed E-state index contributed by atoms with van der Waals surface area (Å²) in [7, 11) is 0. The zero-order valence-electron chi connectivity index (χ0n) is 20.6. The number of aryl methyl sites for hydroxylation is 2. The van der Waals surface area contributed by atoms with Crippen LogP contribution in [0.2, 0.25) is 0 Å². The second-order valence-electron chi connectivity index (χ2n) is 10.6. The predicted molar refractivity (Wildman–Crippen MR) is 136 cm³/mol. The number of carbonyl (C=O) groups is 2. The molecule has 0 spiro atoms. The van der Waals surface area contributed by atoms with Gasteiger partial charge in [0.2, 0.25) is 5.91 Å². The first-order valence-corrected chi connectivity index (χ1v) is 13.4. The van der Waals surface area contributed by atoms with E-state index in [1.54, 1.807) is 0 Å². The third kappa shape index (κ3) is 5.78.